The standard InChI is InChI=1S/C18H16FNO3/c19-14-8-4-7-13(11-14)18(22)23-16(12-5-2-1-3-6-12)17(21)20-15-9-10-15/h1-8,11,15-16H,9-10H2,(H,20,21)/t16-/m0/s1. The van der Waals surface area contributed by atoms with Gasteiger partial charge in [-0.2, -0.15) is 0 Å². The molecule has 0 saturated heterocycles. The molecule has 0 unspecified atom stereocenters. The van der Waals surface area contributed by atoms with E-state index < -0.39 is 17.9 Å². The van der Waals surface area contributed by atoms with E-state index in [0.717, 1.165) is 18.9 Å². The third-order valence-electron chi connectivity index (χ3n) is 3.55. The molecule has 2 aromatic carbocycles. The van der Waals surface area contributed by atoms with E-state index in [9.17, 15) is 14.0 Å². The van der Waals surface area contributed by atoms with Crippen molar-refractivity contribution in [1.82, 2.24) is 5.32 Å². The van der Waals surface area contributed by atoms with Gasteiger partial charge in [-0.1, -0.05) is 36.4 Å². The van der Waals surface area contributed by atoms with Gasteiger partial charge in [0.25, 0.3) is 5.91 Å². The topological polar surface area (TPSA) is 55.4 Å². The van der Waals surface area contributed by atoms with Crippen LogP contribution in [0, 0.1) is 5.82 Å². The lowest BCUT2D eigenvalue weighted by Gasteiger charge is -2.18. The van der Waals surface area contributed by atoms with Crippen LogP contribution in [0.4, 0.5) is 4.39 Å². The molecule has 2 aromatic rings. The Morgan fingerprint density at radius 1 is 1.09 bits per heavy atom. The first kappa shape index (κ1) is 15.2. The molecule has 1 atom stereocenters. The monoisotopic (exact) mass is 313 g/mol. The molecular formula is C18H16FNO3. The molecule has 1 saturated carbocycles. The minimum absolute atomic E-state index is 0.0742. The Morgan fingerprint density at radius 2 is 1.83 bits per heavy atom. The third-order valence-corrected chi connectivity index (χ3v) is 3.55. The summed E-state index contributed by atoms with van der Waals surface area (Å²) in [5, 5.41) is 2.83. The van der Waals surface area contributed by atoms with Gasteiger partial charge >= 0.3 is 5.97 Å². The van der Waals surface area contributed by atoms with Crippen molar-refractivity contribution in [1.29, 1.82) is 0 Å². The molecular weight excluding hydrogens is 297 g/mol. The Kier molecular flexibility index (Phi) is 4.37. The molecule has 1 N–H and O–H groups in total. The highest BCUT2D eigenvalue weighted by molar-refractivity contribution is 5.92. The van der Waals surface area contributed by atoms with E-state index in [1.165, 1.54) is 18.2 Å². The largest absolute Gasteiger partial charge is 0.444 e. The Morgan fingerprint density at radius 3 is 2.48 bits per heavy atom. The first-order valence-corrected chi connectivity index (χ1v) is 7.45. The number of esters is 1. The molecule has 0 heterocycles. The number of carbonyl (C=O) groups excluding carboxylic acids is 2. The summed E-state index contributed by atoms with van der Waals surface area (Å²) in [6.45, 7) is 0. The second-order valence-corrected chi connectivity index (χ2v) is 5.49. The first-order valence-electron chi connectivity index (χ1n) is 7.45. The van der Waals surface area contributed by atoms with Gasteiger partial charge < -0.3 is 10.1 Å². The minimum Gasteiger partial charge on any atom is -0.444 e. The maximum Gasteiger partial charge on any atom is 0.339 e. The van der Waals surface area contributed by atoms with Gasteiger partial charge in [-0.3, -0.25) is 4.79 Å². The van der Waals surface area contributed by atoms with Crippen LogP contribution in [0.15, 0.2) is 54.6 Å². The summed E-state index contributed by atoms with van der Waals surface area (Å²) in [4.78, 5) is 24.6. The van der Waals surface area contributed by atoms with Gasteiger partial charge in [0, 0.05) is 11.6 Å². The summed E-state index contributed by atoms with van der Waals surface area (Å²) in [5.41, 5.74) is 0.653. The van der Waals surface area contributed by atoms with E-state index in [0.29, 0.717) is 5.56 Å². The van der Waals surface area contributed by atoms with E-state index in [2.05, 4.69) is 5.32 Å². The number of benzene rings is 2. The number of hydrogen-bond donors (Lipinski definition) is 1. The normalized spacial score (nSPS) is 14.8. The average Bonchev–Trinajstić information content (AvgIpc) is 3.37. The van der Waals surface area contributed by atoms with Gasteiger partial charge in [0.05, 0.1) is 5.56 Å². The molecule has 0 aromatic heterocycles. The highest BCUT2D eigenvalue weighted by Crippen LogP contribution is 2.24. The minimum atomic E-state index is -1.05. The van der Waals surface area contributed by atoms with Crippen LogP contribution >= 0.6 is 0 Å². The SMILES string of the molecule is O=C(O[C@H](C(=O)NC1CC1)c1ccccc1)c1cccc(F)c1. The molecule has 1 fully saturated rings. The third kappa shape index (κ3) is 3.94. The zero-order valence-corrected chi connectivity index (χ0v) is 12.4. The van der Waals surface area contributed by atoms with Gasteiger partial charge in [-0.15, -0.1) is 0 Å². The molecule has 0 bridgehead atoms. The first-order chi connectivity index (χ1) is 11.1. The van der Waals surface area contributed by atoms with Crippen LogP contribution in [0.3, 0.4) is 0 Å². The lowest BCUT2D eigenvalue weighted by Crippen LogP contribution is -2.33. The van der Waals surface area contributed by atoms with Crippen molar-refractivity contribution in [3.63, 3.8) is 0 Å². The number of rotatable bonds is 5. The van der Waals surface area contributed by atoms with Crippen molar-refractivity contribution in [3.05, 3.63) is 71.5 Å². The lowest BCUT2D eigenvalue weighted by molar-refractivity contribution is -0.130. The Balaban J connectivity index is 1.80. The summed E-state index contributed by atoms with van der Waals surface area (Å²) in [6, 6.07) is 14.1. The zero-order valence-electron chi connectivity index (χ0n) is 12.4. The molecule has 1 aliphatic rings. The summed E-state index contributed by atoms with van der Waals surface area (Å²) in [6.07, 6.45) is 0.823. The smallest absolute Gasteiger partial charge is 0.339 e. The van der Waals surface area contributed by atoms with Crippen molar-refractivity contribution in [3.8, 4) is 0 Å². The van der Waals surface area contributed by atoms with Crippen molar-refractivity contribution in [2.75, 3.05) is 0 Å². The summed E-state index contributed by atoms with van der Waals surface area (Å²) >= 11 is 0. The van der Waals surface area contributed by atoms with Crippen molar-refractivity contribution < 1.29 is 18.7 Å². The molecule has 1 amide bonds. The second-order valence-electron chi connectivity index (χ2n) is 5.49. The average molecular weight is 313 g/mol. The van der Waals surface area contributed by atoms with E-state index in [4.69, 9.17) is 4.74 Å². The van der Waals surface area contributed by atoms with E-state index in [1.807, 2.05) is 6.07 Å². The van der Waals surface area contributed by atoms with Crippen molar-refractivity contribution in [2.24, 2.45) is 0 Å². The molecule has 4 nitrogen and oxygen atoms in total. The van der Waals surface area contributed by atoms with E-state index in [-0.39, 0.29) is 17.5 Å². The number of carbonyl (C=O) groups is 2. The fraction of sp³-hybridized carbons (Fsp3) is 0.222. The van der Waals surface area contributed by atoms with Crippen LogP contribution in [0.1, 0.15) is 34.9 Å². The van der Waals surface area contributed by atoms with Gasteiger partial charge in [0.15, 0.2) is 0 Å². The Labute approximate surface area is 133 Å². The highest BCUT2D eigenvalue weighted by Gasteiger charge is 2.31. The van der Waals surface area contributed by atoms with Crippen LogP contribution in [-0.2, 0) is 9.53 Å². The van der Waals surface area contributed by atoms with Crippen LogP contribution in [-0.4, -0.2) is 17.9 Å². The number of amides is 1. The molecule has 118 valence electrons. The van der Waals surface area contributed by atoms with E-state index in [1.54, 1.807) is 24.3 Å². The number of halogens is 1. The predicted octanol–water partition coefficient (Wildman–Crippen LogP) is 3.00. The van der Waals surface area contributed by atoms with Crippen molar-refractivity contribution >= 4 is 11.9 Å². The summed E-state index contributed by atoms with van der Waals surface area (Å²) in [7, 11) is 0. The Hall–Kier alpha value is -2.69. The van der Waals surface area contributed by atoms with Gasteiger partial charge in [0.1, 0.15) is 5.82 Å². The van der Waals surface area contributed by atoms with Gasteiger partial charge in [0.2, 0.25) is 6.10 Å². The molecule has 3 rings (SSSR count). The predicted molar refractivity (Wildman–Crippen MR) is 82.2 cm³/mol. The molecule has 5 heteroatoms. The van der Waals surface area contributed by atoms with Crippen LogP contribution in [0.25, 0.3) is 0 Å². The molecule has 0 aliphatic heterocycles. The Bertz CT molecular complexity index is 713. The summed E-state index contributed by atoms with van der Waals surface area (Å²) in [5.74, 6) is -1.62. The maximum atomic E-state index is 13.2. The van der Waals surface area contributed by atoms with Gasteiger partial charge in [-0.25, -0.2) is 9.18 Å². The van der Waals surface area contributed by atoms with Gasteiger partial charge in [-0.05, 0) is 31.0 Å². The highest BCUT2D eigenvalue weighted by atomic mass is 19.1. The fourth-order valence-electron chi connectivity index (χ4n) is 2.20. The molecule has 23 heavy (non-hydrogen) atoms. The quantitative estimate of drug-likeness (QED) is 0.863. The van der Waals surface area contributed by atoms with Crippen LogP contribution in [0.5, 0.6) is 0 Å². The number of hydrogen-bond acceptors (Lipinski definition) is 3. The maximum absolute atomic E-state index is 13.2. The van der Waals surface area contributed by atoms with Crippen LogP contribution < -0.4 is 5.32 Å². The van der Waals surface area contributed by atoms with E-state index >= 15 is 0 Å². The van der Waals surface area contributed by atoms with Crippen LogP contribution in [0.2, 0.25) is 0 Å². The zero-order chi connectivity index (χ0) is 16.2. The molecule has 1 aliphatic carbocycles. The van der Waals surface area contributed by atoms with Crippen molar-refractivity contribution in [2.45, 2.75) is 25.0 Å². The molecule has 0 radical (unpaired) electrons. The molecule has 0 spiro atoms. The number of ether oxygens (including phenoxy) is 1. The second kappa shape index (κ2) is 6.60. The number of nitrogens with one attached hydrogen (secondary N) is 1. The fourth-order valence-corrected chi connectivity index (χ4v) is 2.20. The lowest BCUT2D eigenvalue weighted by atomic mass is 10.1. The summed E-state index contributed by atoms with van der Waals surface area (Å²) < 4.78 is 18.6.